The lowest BCUT2D eigenvalue weighted by atomic mass is 10.1. The van der Waals surface area contributed by atoms with Gasteiger partial charge in [-0.3, -0.25) is 4.98 Å². The Kier molecular flexibility index (Phi) is 2.23. The Bertz CT molecular complexity index is 521. The molecule has 0 aliphatic heterocycles. The van der Waals surface area contributed by atoms with E-state index in [0.717, 1.165) is 22.2 Å². The monoisotopic (exact) mass is 203 g/mol. The molecule has 0 amide bonds. The molecule has 0 fully saturated rings. The Morgan fingerprint density at radius 1 is 1.20 bits per heavy atom. The molecule has 0 atom stereocenters. The maximum absolute atomic E-state index is 9.65. The van der Waals surface area contributed by atoms with Gasteiger partial charge in [0.15, 0.2) is 11.5 Å². The highest BCUT2D eigenvalue weighted by Crippen LogP contribution is 2.32. The van der Waals surface area contributed by atoms with E-state index in [9.17, 15) is 5.11 Å². The Balaban J connectivity index is 2.81. The summed E-state index contributed by atoms with van der Waals surface area (Å²) in [7, 11) is 1.54. The average molecular weight is 203 g/mol. The van der Waals surface area contributed by atoms with Crippen LogP contribution >= 0.6 is 0 Å². The summed E-state index contributed by atoms with van der Waals surface area (Å²) in [5.41, 5.74) is 1.88. The van der Waals surface area contributed by atoms with E-state index >= 15 is 0 Å². The fourth-order valence-electron chi connectivity index (χ4n) is 1.76. The number of phenolic OH excluding ortho intramolecular Hbond substituents is 1. The van der Waals surface area contributed by atoms with Crippen molar-refractivity contribution in [1.29, 1.82) is 0 Å². The first-order chi connectivity index (χ1) is 7.11. The topological polar surface area (TPSA) is 42.4 Å². The number of hydrogen-bond acceptors (Lipinski definition) is 3. The van der Waals surface area contributed by atoms with Gasteiger partial charge in [-0.05, 0) is 37.4 Å². The van der Waals surface area contributed by atoms with Crippen molar-refractivity contribution in [2.75, 3.05) is 7.11 Å². The van der Waals surface area contributed by atoms with Gasteiger partial charge in [-0.2, -0.15) is 0 Å². The van der Waals surface area contributed by atoms with Crippen molar-refractivity contribution in [1.82, 2.24) is 4.98 Å². The van der Waals surface area contributed by atoms with Gasteiger partial charge < -0.3 is 9.84 Å². The number of ether oxygens (including phenoxy) is 1. The number of aromatic nitrogens is 1. The van der Waals surface area contributed by atoms with Crippen molar-refractivity contribution in [3.63, 3.8) is 0 Å². The van der Waals surface area contributed by atoms with Gasteiger partial charge in [-0.1, -0.05) is 0 Å². The summed E-state index contributed by atoms with van der Waals surface area (Å²) in [6.07, 6.45) is 0. The summed E-state index contributed by atoms with van der Waals surface area (Å²) < 4.78 is 5.06. The normalized spacial score (nSPS) is 10.6. The molecule has 0 unspecified atom stereocenters. The Hall–Kier alpha value is -1.77. The van der Waals surface area contributed by atoms with Crippen molar-refractivity contribution < 1.29 is 9.84 Å². The molecule has 1 N–H and O–H groups in total. The summed E-state index contributed by atoms with van der Waals surface area (Å²) in [5, 5.41) is 11.6. The van der Waals surface area contributed by atoms with E-state index in [4.69, 9.17) is 4.74 Å². The van der Waals surface area contributed by atoms with Gasteiger partial charge in [0.25, 0.3) is 0 Å². The van der Waals surface area contributed by atoms with E-state index in [1.807, 2.05) is 26.0 Å². The van der Waals surface area contributed by atoms with Crippen LogP contribution in [-0.2, 0) is 0 Å². The molecular weight excluding hydrogens is 190 g/mol. The predicted octanol–water partition coefficient (Wildman–Crippen LogP) is 2.57. The van der Waals surface area contributed by atoms with E-state index in [-0.39, 0.29) is 5.75 Å². The molecule has 15 heavy (non-hydrogen) atoms. The molecule has 2 rings (SSSR count). The molecule has 3 heteroatoms. The standard InChI is InChI=1S/C12H13NO2/c1-7-4-9-5-12(15-3)11(14)6-10(9)8(2)13-7/h4-6,14H,1-3H3. The first-order valence-electron chi connectivity index (χ1n) is 4.77. The highest BCUT2D eigenvalue weighted by molar-refractivity contribution is 5.88. The second-order valence-corrected chi connectivity index (χ2v) is 3.59. The van der Waals surface area contributed by atoms with Crippen LogP contribution in [0.4, 0.5) is 0 Å². The van der Waals surface area contributed by atoms with Crippen molar-refractivity contribution in [3.05, 3.63) is 29.6 Å². The molecule has 0 saturated carbocycles. The highest BCUT2D eigenvalue weighted by atomic mass is 16.5. The number of methoxy groups -OCH3 is 1. The minimum atomic E-state index is 0.152. The van der Waals surface area contributed by atoms with Gasteiger partial charge in [-0.15, -0.1) is 0 Å². The van der Waals surface area contributed by atoms with E-state index in [2.05, 4.69) is 4.98 Å². The zero-order chi connectivity index (χ0) is 11.0. The minimum Gasteiger partial charge on any atom is -0.504 e. The lowest BCUT2D eigenvalue weighted by molar-refractivity contribution is 0.374. The molecule has 0 aliphatic carbocycles. The number of benzene rings is 1. The van der Waals surface area contributed by atoms with Crippen molar-refractivity contribution >= 4 is 10.8 Å². The number of pyridine rings is 1. The molecule has 1 heterocycles. The summed E-state index contributed by atoms with van der Waals surface area (Å²) in [4.78, 5) is 4.35. The van der Waals surface area contributed by atoms with Crippen molar-refractivity contribution in [2.45, 2.75) is 13.8 Å². The van der Waals surface area contributed by atoms with Crippen molar-refractivity contribution in [2.24, 2.45) is 0 Å². The molecule has 1 aromatic carbocycles. The number of aromatic hydroxyl groups is 1. The largest absolute Gasteiger partial charge is 0.504 e. The maximum Gasteiger partial charge on any atom is 0.161 e. The fraction of sp³-hybridized carbons (Fsp3) is 0.250. The number of hydrogen-bond donors (Lipinski definition) is 1. The first kappa shape index (κ1) is 9.77. The van der Waals surface area contributed by atoms with Gasteiger partial charge in [0, 0.05) is 16.8 Å². The second-order valence-electron chi connectivity index (χ2n) is 3.59. The molecule has 3 nitrogen and oxygen atoms in total. The first-order valence-corrected chi connectivity index (χ1v) is 4.77. The van der Waals surface area contributed by atoms with E-state index < -0.39 is 0 Å². The maximum atomic E-state index is 9.65. The molecule has 0 bridgehead atoms. The molecule has 1 aromatic heterocycles. The smallest absolute Gasteiger partial charge is 0.161 e. The lowest BCUT2D eigenvalue weighted by Gasteiger charge is -2.08. The van der Waals surface area contributed by atoms with Crippen LogP contribution < -0.4 is 4.74 Å². The van der Waals surface area contributed by atoms with Crippen LogP contribution in [0.1, 0.15) is 11.4 Å². The number of aryl methyl sites for hydroxylation is 2. The van der Waals surface area contributed by atoms with Crippen LogP contribution in [0.25, 0.3) is 10.8 Å². The molecule has 0 radical (unpaired) electrons. The Morgan fingerprint density at radius 2 is 1.93 bits per heavy atom. The fourth-order valence-corrected chi connectivity index (χ4v) is 1.76. The summed E-state index contributed by atoms with van der Waals surface area (Å²) in [6, 6.07) is 5.49. The third-order valence-corrected chi connectivity index (χ3v) is 2.45. The number of rotatable bonds is 1. The lowest BCUT2D eigenvalue weighted by Crippen LogP contribution is -1.90. The van der Waals surface area contributed by atoms with Gasteiger partial charge in [0.1, 0.15) is 0 Å². The zero-order valence-corrected chi connectivity index (χ0v) is 9.03. The number of nitrogens with zero attached hydrogens (tertiary/aromatic N) is 1. The van der Waals surface area contributed by atoms with Crippen LogP contribution in [0.2, 0.25) is 0 Å². The number of fused-ring (bicyclic) bond motifs is 1. The van der Waals surface area contributed by atoms with Crippen LogP contribution in [0, 0.1) is 13.8 Å². The summed E-state index contributed by atoms with van der Waals surface area (Å²) >= 11 is 0. The van der Waals surface area contributed by atoms with Crippen LogP contribution in [0.15, 0.2) is 18.2 Å². The third kappa shape index (κ3) is 1.61. The van der Waals surface area contributed by atoms with Crippen LogP contribution in [0.3, 0.4) is 0 Å². The summed E-state index contributed by atoms with van der Waals surface area (Å²) in [6.45, 7) is 3.88. The SMILES string of the molecule is COc1cc2cc(C)nc(C)c2cc1O. The minimum absolute atomic E-state index is 0.152. The van der Waals surface area contributed by atoms with Gasteiger partial charge >= 0.3 is 0 Å². The van der Waals surface area contributed by atoms with Crippen LogP contribution in [0.5, 0.6) is 11.5 Å². The van der Waals surface area contributed by atoms with E-state index in [1.54, 1.807) is 13.2 Å². The predicted molar refractivity (Wildman–Crippen MR) is 59.4 cm³/mol. The average Bonchev–Trinajstić information content (AvgIpc) is 2.18. The molecular formula is C12H13NO2. The quantitative estimate of drug-likeness (QED) is 0.774. The second kappa shape index (κ2) is 3.42. The molecule has 0 aliphatic rings. The van der Waals surface area contributed by atoms with E-state index in [1.165, 1.54) is 0 Å². The van der Waals surface area contributed by atoms with Gasteiger partial charge in [0.05, 0.1) is 7.11 Å². The van der Waals surface area contributed by atoms with Crippen LogP contribution in [-0.4, -0.2) is 17.2 Å². The molecule has 0 saturated heterocycles. The molecule has 2 aromatic rings. The van der Waals surface area contributed by atoms with Crippen molar-refractivity contribution in [3.8, 4) is 11.5 Å². The molecule has 78 valence electrons. The summed E-state index contributed by atoms with van der Waals surface area (Å²) in [5.74, 6) is 0.645. The Morgan fingerprint density at radius 3 is 2.60 bits per heavy atom. The van der Waals surface area contributed by atoms with Gasteiger partial charge in [0.2, 0.25) is 0 Å². The Labute approximate surface area is 88.3 Å². The van der Waals surface area contributed by atoms with E-state index in [0.29, 0.717) is 5.75 Å². The molecule has 0 spiro atoms. The zero-order valence-electron chi connectivity index (χ0n) is 9.03. The third-order valence-electron chi connectivity index (χ3n) is 2.45. The highest BCUT2D eigenvalue weighted by Gasteiger charge is 2.06. The van der Waals surface area contributed by atoms with Gasteiger partial charge in [-0.25, -0.2) is 0 Å². The number of phenols is 1.